The highest BCUT2D eigenvalue weighted by molar-refractivity contribution is 5.94. The quantitative estimate of drug-likeness (QED) is 0.884. The van der Waals surface area contributed by atoms with Crippen molar-refractivity contribution < 1.29 is 14.3 Å². The van der Waals surface area contributed by atoms with Gasteiger partial charge in [0, 0.05) is 12.1 Å². The van der Waals surface area contributed by atoms with Crippen LogP contribution < -0.4 is 20.1 Å². The normalized spacial score (nSPS) is 18.3. The summed E-state index contributed by atoms with van der Waals surface area (Å²) in [6.45, 7) is 4.03. The SMILES string of the molecule is O=C(NCCC1CCNCC1)c1ccc2c(c1)OCCO2. The molecule has 0 saturated carbocycles. The Bertz CT molecular complexity index is 498. The third kappa shape index (κ3) is 3.67. The minimum absolute atomic E-state index is 0.0408. The van der Waals surface area contributed by atoms with Crippen LogP contribution in [0.25, 0.3) is 0 Å². The molecule has 114 valence electrons. The summed E-state index contributed by atoms with van der Waals surface area (Å²) in [5.74, 6) is 2.06. The van der Waals surface area contributed by atoms with Crippen molar-refractivity contribution in [1.82, 2.24) is 10.6 Å². The molecule has 1 aromatic carbocycles. The highest BCUT2D eigenvalue weighted by Gasteiger charge is 2.16. The standard InChI is InChI=1S/C16H22N2O3/c19-16(18-8-5-12-3-6-17-7-4-12)13-1-2-14-15(11-13)21-10-9-20-14/h1-2,11-12,17H,3-10H2,(H,18,19). The average molecular weight is 290 g/mol. The van der Waals surface area contributed by atoms with Crippen LogP contribution in [-0.2, 0) is 0 Å². The molecule has 0 bridgehead atoms. The molecule has 5 nitrogen and oxygen atoms in total. The molecule has 0 unspecified atom stereocenters. The highest BCUT2D eigenvalue weighted by Crippen LogP contribution is 2.30. The molecule has 0 radical (unpaired) electrons. The van der Waals surface area contributed by atoms with E-state index in [4.69, 9.17) is 9.47 Å². The van der Waals surface area contributed by atoms with Crippen LogP contribution in [0.3, 0.4) is 0 Å². The van der Waals surface area contributed by atoms with Crippen LogP contribution in [0.5, 0.6) is 11.5 Å². The maximum atomic E-state index is 12.2. The molecule has 1 fully saturated rings. The van der Waals surface area contributed by atoms with Gasteiger partial charge in [-0.3, -0.25) is 4.79 Å². The number of fused-ring (bicyclic) bond motifs is 1. The first-order valence-corrected chi connectivity index (χ1v) is 7.71. The van der Waals surface area contributed by atoms with Gasteiger partial charge >= 0.3 is 0 Å². The van der Waals surface area contributed by atoms with Crippen LogP contribution in [-0.4, -0.2) is 38.8 Å². The van der Waals surface area contributed by atoms with Crippen LogP contribution in [0.2, 0.25) is 0 Å². The summed E-state index contributed by atoms with van der Waals surface area (Å²) in [6, 6.07) is 5.35. The van der Waals surface area contributed by atoms with E-state index in [1.807, 2.05) is 0 Å². The summed E-state index contributed by atoms with van der Waals surface area (Å²) in [4.78, 5) is 12.2. The first kappa shape index (κ1) is 14.2. The van der Waals surface area contributed by atoms with Crippen molar-refractivity contribution in [2.75, 3.05) is 32.8 Å². The zero-order chi connectivity index (χ0) is 14.5. The van der Waals surface area contributed by atoms with Crippen molar-refractivity contribution in [2.24, 2.45) is 5.92 Å². The van der Waals surface area contributed by atoms with E-state index in [0.29, 0.717) is 30.3 Å². The maximum Gasteiger partial charge on any atom is 0.251 e. The fraction of sp³-hybridized carbons (Fsp3) is 0.562. The van der Waals surface area contributed by atoms with Gasteiger partial charge in [0.2, 0.25) is 0 Å². The van der Waals surface area contributed by atoms with Gasteiger partial charge in [0.25, 0.3) is 5.91 Å². The molecule has 3 rings (SSSR count). The van der Waals surface area contributed by atoms with Gasteiger partial charge in [0.1, 0.15) is 13.2 Å². The van der Waals surface area contributed by atoms with Gasteiger partial charge in [-0.05, 0) is 56.5 Å². The lowest BCUT2D eigenvalue weighted by Gasteiger charge is -2.22. The fourth-order valence-corrected chi connectivity index (χ4v) is 2.85. The third-order valence-corrected chi connectivity index (χ3v) is 4.10. The Morgan fingerprint density at radius 3 is 2.76 bits per heavy atom. The van der Waals surface area contributed by atoms with Crippen LogP contribution in [0.1, 0.15) is 29.6 Å². The average Bonchev–Trinajstić information content (AvgIpc) is 2.55. The predicted octanol–water partition coefficient (Wildman–Crippen LogP) is 1.58. The van der Waals surface area contributed by atoms with Gasteiger partial charge in [-0.2, -0.15) is 0 Å². The molecule has 2 aliphatic rings. The first-order valence-electron chi connectivity index (χ1n) is 7.71. The number of rotatable bonds is 4. The van der Waals surface area contributed by atoms with Crippen LogP contribution in [0.15, 0.2) is 18.2 Å². The van der Waals surface area contributed by atoms with Gasteiger partial charge in [0.05, 0.1) is 0 Å². The molecule has 2 aliphatic heterocycles. The minimum Gasteiger partial charge on any atom is -0.486 e. The molecule has 2 heterocycles. The fourth-order valence-electron chi connectivity index (χ4n) is 2.85. The van der Waals surface area contributed by atoms with Gasteiger partial charge < -0.3 is 20.1 Å². The second kappa shape index (κ2) is 6.80. The van der Waals surface area contributed by atoms with Crippen molar-refractivity contribution >= 4 is 5.91 Å². The highest BCUT2D eigenvalue weighted by atomic mass is 16.6. The predicted molar refractivity (Wildman–Crippen MR) is 80.0 cm³/mol. The van der Waals surface area contributed by atoms with E-state index in [2.05, 4.69) is 10.6 Å². The molecule has 0 aromatic heterocycles. The van der Waals surface area contributed by atoms with E-state index < -0.39 is 0 Å². The monoisotopic (exact) mass is 290 g/mol. The Morgan fingerprint density at radius 1 is 1.19 bits per heavy atom. The molecule has 2 N–H and O–H groups in total. The molecular formula is C16H22N2O3. The second-order valence-corrected chi connectivity index (χ2v) is 5.60. The molecule has 1 amide bonds. The second-order valence-electron chi connectivity index (χ2n) is 5.60. The molecular weight excluding hydrogens is 268 g/mol. The lowest BCUT2D eigenvalue weighted by atomic mass is 9.95. The lowest BCUT2D eigenvalue weighted by Crippen LogP contribution is -2.31. The first-order chi connectivity index (χ1) is 10.3. The summed E-state index contributed by atoms with van der Waals surface area (Å²) < 4.78 is 11.0. The van der Waals surface area contributed by atoms with Crippen molar-refractivity contribution in [3.63, 3.8) is 0 Å². The Labute approximate surface area is 125 Å². The van der Waals surface area contributed by atoms with Gasteiger partial charge in [-0.1, -0.05) is 0 Å². The van der Waals surface area contributed by atoms with E-state index in [-0.39, 0.29) is 5.91 Å². The van der Waals surface area contributed by atoms with Crippen molar-refractivity contribution in [3.05, 3.63) is 23.8 Å². The third-order valence-electron chi connectivity index (χ3n) is 4.10. The number of nitrogens with one attached hydrogen (secondary N) is 2. The van der Waals surface area contributed by atoms with E-state index >= 15 is 0 Å². The van der Waals surface area contributed by atoms with Crippen LogP contribution >= 0.6 is 0 Å². The van der Waals surface area contributed by atoms with Gasteiger partial charge in [-0.15, -0.1) is 0 Å². The summed E-state index contributed by atoms with van der Waals surface area (Å²) in [6.07, 6.45) is 3.47. The number of benzene rings is 1. The number of ether oxygens (including phenoxy) is 2. The lowest BCUT2D eigenvalue weighted by molar-refractivity contribution is 0.0949. The van der Waals surface area contributed by atoms with E-state index in [1.54, 1.807) is 18.2 Å². The Morgan fingerprint density at radius 2 is 1.95 bits per heavy atom. The largest absolute Gasteiger partial charge is 0.486 e. The van der Waals surface area contributed by atoms with Crippen molar-refractivity contribution in [3.8, 4) is 11.5 Å². The van der Waals surface area contributed by atoms with Gasteiger partial charge in [0.15, 0.2) is 11.5 Å². The molecule has 0 aliphatic carbocycles. The number of carbonyl (C=O) groups excluding carboxylic acids is 1. The summed E-state index contributed by atoms with van der Waals surface area (Å²) >= 11 is 0. The zero-order valence-corrected chi connectivity index (χ0v) is 12.2. The van der Waals surface area contributed by atoms with Crippen molar-refractivity contribution in [2.45, 2.75) is 19.3 Å². The topological polar surface area (TPSA) is 59.6 Å². The Hall–Kier alpha value is -1.75. The number of amides is 1. The zero-order valence-electron chi connectivity index (χ0n) is 12.2. The smallest absolute Gasteiger partial charge is 0.251 e. The molecule has 0 spiro atoms. The van der Waals surface area contributed by atoms with Crippen molar-refractivity contribution in [1.29, 1.82) is 0 Å². The number of hydrogen-bond acceptors (Lipinski definition) is 4. The number of piperidine rings is 1. The summed E-state index contributed by atoms with van der Waals surface area (Å²) in [5, 5.41) is 6.35. The summed E-state index contributed by atoms with van der Waals surface area (Å²) in [7, 11) is 0. The van der Waals surface area contributed by atoms with E-state index in [9.17, 15) is 4.79 Å². The van der Waals surface area contributed by atoms with Crippen LogP contribution in [0.4, 0.5) is 0 Å². The maximum absolute atomic E-state index is 12.2. The Balaban J connectivity index is 1.50. The number of carbonyl (C=O) groups is 1. The number of hydrogen-bond donors (Lipinski definition) is 2. The molecule has 1 saturated heterocycles. The van der Waals surface area contributed by atoms with E-state index in [1.165, 1.54) is 12.8 Å². The van der Waals surface area contributed by atoms with E-state index in [0.717, 1.165) is 32.0 Å². The molecule has 1 aromatic rings. The molecule has 21 heavy (non-hydrogen) atoms. The molecule has 5 heteroatoms. The Kier molecular flexibility index (Phi) is 4.60. The van der Waals surface area contributed by atoms with Crippen LogP contribution in [0, 0.1) is 5.92 Å². The molecule has 0 atom stereocenters. The van der Waals surface area contributed by atoms with Gasteiger partial charge in [-0.25, -0.2) is 0 Å². The minimum atomic E-state index is -0.0408. The summed E-state index contributed by atoms with van der Waals surface area (Å²) in [5.41, 5.74) is 0.629.